The number of nitrogens with one attached hydrogen (secondary N) is 1. The fourth-order valence-electron chi connectivity index (χ4n) is 1.32. The quantitative estimate of drug-likeness (QED) is 0.672. The molecule has 0 bridgehead atoms. The molecule has 0 unspecified atom stereocenters. The summed E-state index contributed by atoms with van der Waals surface area (Å²) in [4.78, 5) is 15.4. The van der Waals surface area contributed by atoms with Gasteiger partial charge in [-0.05, 0) is 47.7 Å². The van der Waals surface area contributed by atoms with Crippen LogP contribution in [0.25, 0.3) is 0 Å². The van der Waals surface area contributed by atoms with Crippen LogP contribution in [0.1, 0.15) is 17.4 Å². The van der Waals surface area contributed by atoms with Crippen molar-refractivity contribution in [2.75, 3.05) is 11.9 Å². The van der Waals surface area contributed by atoms with E-state index in [-0.39, 0.29) is 11.7 Å². The SMILES string of the molecule is CCOC(=O)c1coc(Nc2cccc(I)c2)n1. The summed E-state index contributed by atoms with van der Waals surface area (Å²) in [5.41, 5.74) is 1.00. The number of anilines is 2. The first kappa shape index (κ1) is 12.9. The zero-order valence-corrected chi connectivity index (χ0v) is 11.8. The van der Waals surface area contributed by atoms with Crippen molar-refractivity contribution in [3.63, 3.8) is 0 Å². The molecule has 94 valence electrons. The highest BCUT2D eigenvalue weighted by Gasteiger charge is 2.13. The number of hydrogen-bond acceptors (Lipinski definition) is 5. The van der Waals surface area contributed by atoms with Crippen LogP contribution in [-0.4, -0.2) is 17.6 Å². The molecule has 1 aromatic heterocycles. The van der Waals surface area contributed by atoms with Gasteiger partial charge in [0.2, 0.25) is 0 Å². The summed E-state index contributed by atoms with van der Waals surface area (Å²) in [6, 6.07) is 7.98. The van der Waals surface area contributed by atoms with Crippen LogP contribution in [-0.2, 0) is 4.74 Å². The van der Waals surface area contributed by atoms with Crippen molar-refractivity contribution in [1.29, 1.82) is 0 Å². The molecular formula is C12H11IN2O3. The first-order chi connectivity index (χ1) is 8.69. The summed E-state index contributed by atoms with van der Waals surface area (Å²) in [7, 11) is 0. The highest BCUT2D eigenvalue weighted by atomic mass is 127. The van der Waals surface area contributed by atoms with Crippen LogP contribution in [0, 0.1) is 3.57 Å². The Morgan fingerprint density at radius 2 is 2.39 bits per heavy atom. The van der Waals surface area contributed by atoms with E-state index in [2.05, 4.69) is 32.9 Å². The molecule has 18 heavy (non-hydrogen) atoms. The van der Waals surface area contributed by atoms with Gasteiger partial charge in [-0.3, -0.25) is 0 Å². The molecule has 5 nitrogen and oxygen atoms in total. The standard InChI is InChI=1S/C12H11IN2O3/c1-2-17-11(16)10-7-18-12(15-10)14-9-5-3-4-8(13)6-9/h3-7H,2H2,1H3,(H,14,15). The Hall–Kier alpha value is -1.57. The molecule has 6 heteroatoms. The average Bonchev–Trinajstić information content (AvgIpc) is 2.78. The number of hydrogen-bond donors (Lipinski definition) is 1. The van der Waals surface area contributed by atoms with Crippen LogP contribution >= 0.6 is 22.6 Å². The number of aromatic nitrogens is 1. The summed E-state index contributed by atoms with van der Waals surface area (Å²) < 4.78 is 11.1. The van der Waals surface area contributed by atoms with Crippen LogP contribution in [0.15, 0.2) is 34.9 Å². The van der Waals surface area contributed by atoms with Crippen molar-refractivity contribution >= 4 is 40.3 Å². The highest BCUT2D eigenvalue weighted by molar-refractivity contribution is 14.1. The molecule has 1 heterocycles. The topological polar surface area (TPSA) is 64.4 Å². The Bertz CT molecular complexity index is 554. The third-order valence-electron chi connectivity index (χ3n) is 2.06. The van der Waals surface area contributed by atoms with E-state index in [0.717, 1.165) is 9.26 Å². The number of esters is 1. The summed E-state index contributed by atoms with van der Waals surface area (Å²) in [5.74, 6) is -0.489. The van der Waals surface area contributed by atoms with Gasteiger partial charge in [0, 0.05) is 9.26 Å². The summed E-state index contributed by atoms with van der Waals surface area (Å²) in [6.45, 7) is 2.05. The summed E-state index contributed by atoms with van der Waals surface area (Å²) >= 11 is 2.21. The van der Waals surface area contributed by atoms with Gasteiger partial charge in [-0.15, -0.1) is 0 Å². The maximum Gasteiger partial charge on any atom is 0.360 e. The molecule has 0 aliphatic heterocycles. The van der Waals surface area contributed by atoms with E-state index in [1.807, 2.05) is 24.3 Å². The van der Waals surface area contributed by atoms with Gasteiger partial charge in [-0.1, -0.05) is 6.07 Å². The Morgan fingerprint density at radius 1 is 1.56 bits per heavy atom. The Kier molecular flexibility index (Phi) is 4.19. The molecule has 2 rings (SSSR count). The minimum absolute atomic E-state index is 0.157. The fourth-order valence-corrected chi connectivity index (χ4v) is 1.86. The third-order valence-corrected chi connectivity index (χ3v) is 2.74. The number of ether oxygens (including phenoxy) is 1. The van der Waals surface area contributed by atoms with E-state index in [9.17, 15) is 4.79 Å². The van der Waals surface area contributed by atoms with E-state index in [4.69, 9.17) is 9.15 Å². The lowest BCUT2D eigenvalue weighted by Crippen LogP contribution is -2.04. The van der Waals surface area contributed by atoms with E-state index in [1.54, 1.807) is 6.92 Å². The molecule has 0 saturated heterocycles. The van der Waals surface area contributed by atoms with E-state index in [0.29, 0.717) is 6.61 Å². The first-order valence-electron chi connectivity index (χ1n) is 5.34. The third kappa shape index (κ3) is 3.22. The number of benzene rings is 1. The maximum absolute atomic E-state index is 11.4. The van der Waals surface area contributed by atoms with Gasteiger partial charge in [0.25, 0.3) is 6.01 Å². The molecule has 0 aliphatic rings. The monoisotopic (exact) mass is 358 g/mol. The lowest BCUT2D eigenvalue weighted by molar-refractivity contribution is 0.0519. The number of halogens is 1. The number of nitrogens with zero attached hydrogens (tertiary/aromatic N) is 1. The Balaban J connectivity index is 2.09. The molecule has 1 aromatic carbocycles. The second-order valence-electron chi connectivity index (χ2n) is 3.39. The number of carbonyl (C=O) groups excluding carboxylic acids is 1. The second-order valence-corrected chi connectivity index (χ2v) is 4.64. The van der Waals surface area contributed by atoms with Crippen molar-refractivity contribution in [1.82, 2.24) is 4.98 Å². The molecule has 0 fully saturated rings. The zero-order valence-electron chi connectivity index (χ0n) is 9.64. The molecule has 0 saturated carbocycles. The predicted octanol–water partition coefficient (Wildman–Crippen LogP) is 3.20. The molecule has 0 amide bonds. The summed E-state index contributed by atoms with van der Waals surface area (Å²) in [6.07, 6.45) is 1.27. The minimum Gasteiger partial charge on any atom is -0.461 e. The molecule has 0 radical (unpaired) electrons. The Labute approximate surface area is 118 Å². The number of oxazole rings is 1. The molecular weight excluding hydrogens is 347 g/mol. The number of carbonyl (C=O) groups is 1. The normalized spacial score (nSPS) is 10.1. The van der Waals surface area contributed by atoms with Gasteiger partial charge >= 0.3 is 5.97 Å². The van der Waals surface area contributed by atoms with Gasteiger partial charge in [-0.25, -0.2) is 4.79 Å². The first-order valence-corrected chi connectivity index (χ1v) is 6.42. The minimum atomic E-state index is -0.489. The van der Waals surface area contributed by atoms with Crippen LogP contribution < -0.4 is 5.32 Å². The van der Waals surface area contributed by atoms with Crippen molar-refractivity contribution in [3.8, 4) is 0 Å². The molecule has 0 aliphatic carbocycles. The van der Waals surface area contributed by atoms with Crippen molar-refractivity contribution in [3.05, 3.63) is 39.8 Å². The highest BCUT2D eigenvalue weighted by Crippen LogP contribution is 2.18. The van der Waals surface area contributed by atoms with Crippen LogP contribution in [0.2, 0.25) is 0 Å². The van der Waals surface area contributed by atoms with Gasteiger partial charge < -0.3 is 14.5 Å². The molecule has 0 atom stereocenters. The van der Waals surface area contributed by atoms with Gasteiger partial charge in [-0.2, -0.15) is 4.98 Å². The van der Waals surface area contributed by atoms with Crippen molar-refractivity contribution < 1.29 is 13.9 Å². The second kappa shape index (κ2) is 5.85. The lowest BCUT2D eigenvalue weighted by atomic mass is 10.3. The Morgan fingerprint density at radius 3 is 3.11 bits per heavy atom. The largest absolute Gasteiger partial charge is 0.461 e. The predicted molar refractivity (Wildman–Crippen MR) is 74.9 cm³/mol. The van der Waals surface area contributed by atoms with Crippen LogP contribution in [0.4, 0.5) is 11.7 Å². The smallest absolute Gasteiger partial charge is 0.360 e. The van der Waals surface area contributed by atoms with E-state index >= 15 is 0 Å². The summed E-state index contributed by atoms with van der Waals surface area (Å²) in [5, 5.41) is 2.97. The fraction of sp³-hybridized carbons (Fsp3) is 0.167. The van der Waals surface area contributed by atoms with Crippen LogP contribution in [0.5, 0.6) is 0 Å². The van der Waals surface area contributed by atoms with Crippen molar-refractivity contribution in [2.45, 2.75) is 6.92 Å². The lowest BCUT2D eigenvalue weighted by Gasteiger charge is -2.01. The molecule has 1 N–H and O–H groups in total. The van der Waals surface area contributed by atoms with Crippen molar-refractivity contribution in [2.24, 2.45) is 0 Å². The number of rotatable bonds is 4. The van der Waals surface area contributed by atoms with Gasteiger partial charge in [0.15, 0.2) is 5.69 Å². The van der Waals surface area contributed by atoms with E-state index in [1.165, 1.54) is 6.26 Å². The average molecular weight is 358 g/mol. The van der Waals surface area contributed by atoms with Crippen LogP contribution in [0.3, 0.4) is 0 Å². The maximum atomic E-state index is 11.4. The van der Waals surface area contributed by atoms with Gasteiger partial charge in [0.1, 0.15) is 6.26 Å². The van der Waals surface area contributed by atoms with Gasteiger partial charge in [0.05, 0.1) is 6.61 Å². The molecule has 2 aromatic rings. The zero-order chi connectivity index (χ0) is 13.0. The molecule has 0 spiro atoms. The van der Waals surface area contributed by atoms with E-state index < -0.39 is 5.97 Å².